The van der Waals surface area contributed by atoms with Gasteiger partial charge in [-0.15, -0.1) is 0 Å². The summed E-state index contributed by atoms with van der Waals surface area (Å²) in [7, 11) is 0. The number of benzene rings is 2. The number of amides is 1. The Morgan fingerprint density at radius 1 is 1.30 bits per heavy atom. The third-order valence-corrected chi connectivity index (χ3v) is 6.34. The second kappa shape index (κ2) is 7.58. The maximum atomic E-state index is 13.3. The Morgan fingerprint density at radius 3 is 2.81 bits per heavy atom. The van der Waals surface area contributed by atoms with E-state index in [1.807, 2.05) is 0 Å². The number of ether oxygens (including phenoxy) is 1. The topological polar surface area (TPSA) is 42.4 Å². The number of carbonyl (C=O) groups excluding carboxylic acids is 1. The lowest BCUT2D eigenvalue weighted by Gasteiger charge is -2.23. The van der Waals surface area contributed by atoms with E-state index in [1.165, 1.54) is 5.56 Å². The first kappa shape index (κ1) is 18.4. The van der Waals surface area contributed by atoms with Gasteiger partial charge in [0.2, 0.25) is 0 Å². The SMILES string of the molecule is Cc1ccc(C)c2sc(N(CC3CCCO3)C(=O)c3cccc(Cl)c3)nc12. The van der Waals surface area contributed by atoms with Gasteiger partial charge in [0.25, 0.3) is 5.91 Å². The van der Waals surface area contributed by atoms with E-state index in [2.05, 4.69) is 26.0 Å². The normalized spacial score (nSPS) is 16.8. The molecule has 0 spiro atoms. The lowest BCUT2D eigenvalue weighted by molar-refractivity contribution is 0.0917. The molecule has 1 amide bonds. The molecule has 0 N–H and O–H groups in total. The summed E-state index contributed by atoms with van der Waals surface area (Å²) in [5.74, 6) is -0.0950. The molecule has 0 bridgehead atoms. The van der Waals surface area contributed by atoms with Gasteiger partial charge in [-0.05, 0) is 56.0 Å². The standard InChI is InChI=1S/C21H21ClN2O2S/c1-13-8-9-14(2)19-18(13)23-21(27-19)24(12-17-7-4-10-26-17)20(25)15-5-3-6-16(22)11-15/h3,5-6,8-9,11,17H,4,7,10,12H2,1-2H3. The number of aryl methyl sites for hydroxylation is 2. The zero-order valence-electron chi connectivity index (χ0n) is 15.4. The van der Waals surface area contributed by atoms with Gasteiger partial charge in [-0.25, -0.2) is 4.98 Å². The van der Waals surface area contributed by atoms with Crippen LogP contribution < -0.4 is 4.90 Å². The number of carbonyl (C=O) groups is 1. The first-order valence-electron chi connectivity index (χ1n) is 9.08. The van der Waals surface area contributed by atoms with Crippen LogP contribution in [0.1, 0.15) is 34.3 Å². The number of hydrogen-bond acceptors (Lipinski definition) is 4. The van der Waals surface area contributed by atoms with Gasteiger partial charge in [0.1, 0.15) is 0 Å². The molecule has 4 nitrogen and oxygen atoms in total. The van der Waals surface area contributed by atoms with Crippen LogP contribution in [-0.4, -0.2) is 30.1 Å². The van der Waals surface area contributed by atoms with E-state index in [4.69, 9.17) is 21.3 Å². The molecule has 27 heavy (non-hydrogen) atoms. The minimum atomic E-state index is -0.0950. The zero-order valence-corrected chi connectivity index (χ0v) is 16.9. The number of hydrogen-bond donors (Lipinski definition) is 0. The van der Waals surface area contributed by atoms with Crippen LogP contribution in [0.15, 0.2) is 36.4 Å². The lowest BCUT2D eigenvalue weighted by Crippen LogP contribution is -2.37. The van der Waals surface area contributed by atoms with Crippen molar-refractivity contribution in [3.63, 3.8) is 0 Å². The average Bonchev–Trinajstić information content (AvgIpc) is 3.32. The van der Waals surface area contributed by atoms with Crippen LogP contribution in [0.3, 0.4) is 0 Å². The molecule has 1 aliphatic heterocycles. The highest BCUT2D eigenvalue weighted by Gasteiger charge is 2.27. The van der Waals surface area contributed by atoms with Crippen molar-refractivity contribution >= 4 is 44.2 Å². The number of fused-ring (bicyclic) bond motifs is 1. The molecule has 6 heteroatoms. The average molecular weight is 401 g/mol. The van der Waals surface area contributed by atoms with Crippen LogP contribution in [-0.2, 0) is 4.74 Å². The van der Waals surface area contributed by atoms with Gasteiger partial charge < -0.3 is 4.74 Å². The van der Waals surface area contributed by atoms with Gasteiger partial charge in [-0.1, -0.05) is 41.1 Å². The third-order valence-electron chi connectivity index (χ3n) is 4.89. The molecule has 1 atom stereocenters. The molecule has 1 saturated heterocycles. The molecule has 1 aromatic heterocycles. The Balaban J connectivity index is 1.76. The number of aromatic nitrogens is 1. The van der Waals surface area contributed by atoms with Gasteiger partial charge in [0.05, 0.1) is 22.9 Å². The molecule has 2 heterocycles. The van der Waals surface area contributed by atoms with E-state index in [0.29, 0.717) is 22.3 Å². The fourth-order valence-corrected chi connectivity index (χ4v) is 4.69. The van der Waals surface area contributed by atoms with Crippen molar-refractivity contribution in [2.45, 2.75) is 32.8 Å². The third kappa shape index (κ3) is 3.72. The minimum Gasteiger partial charge on any atom is -0.376 e. The molecule has 1 unspecified atom stereocenters. The van der Waals surface area contributed by atoms with Gasteiger partial charge in [-0.3, -0.25) is 9.69 Å². The smallest absolute Gasteiger partial charge is 0.260 e. The minimum absolute atomic E-state index is 0.0438. The molecule has 3 aromatic rings. The summed E-state index contributed by atoms with van der Waals surface area (Å²) >= 11 is 7.67. The molecule has 1 fully saturated rings. The van der Waals surface area contributed by atoms with Crippen LogP contribution in [0.25, 0.3) is 10.2 Å². The summed E-state index contributed by atoms with van der Waals surface area (Å²) in [5.41, 5.74) is 3.82. The number of nitrogens with zero attached hydrogens (tertiary/aromatic N) is 2. The highest BCUT2D eigenvalue weighted by molar-refractivity contribution is 7.22. The molecule has 140 valence electrons. The van der Waals surface area contributed by atoms with Gasteiger partial charge in [0, 0.05) is 17.2 Å². The van der Waals surface area contributed by atoms with Crippen molar-refractivity contribution < 1.29 is 9.53 Å². The van der Waals surface area contributed by atoms with Crippen LogP contribution >= 0.6 is 22.9 Å². The van der Waals surface area contributed by atoms with Crippen LogP contribution in [0.4, 0.5) is 5.13 Å². The fraction of sp³-hybridized carbons (Fsp3) is 0.333. The summed E-state index contributed by atoms with van der Waals surface area (Å²) in [5, 5.41) is 1.26. The monoisotopic (exact) mass is 400 g/mol. The van der Waals surface area contributed by atoms with Crippen molar-refractivity contribution in [1.82, 2.24) is 4.98 Å². The Labute approximate surface area is 167 Å². The van der Waals surface area contributed by atoms with Gasteiger partial charge in [0.15, 0.2) is 5.13 Å². The molecule has 1 aliphatic rings. The molecule has 0 saturated carbocycles. The van der Waals surface area contributed by atoms with Crippen molar-refractivity contribution in [3.05, 3.63) is 58.1 Å². The Hall–Kier alpha value is -1.95. The fourth-order valence-electron chi connectivity index (χ4n) is 3.38. The first-order valence-corrected chi connectivity index (χ1v) is 10.3. The number of anilines is 1. The molecule has 4 rings (SSSR count). The predicted octanol–water partition coefficient (Wildman–Crippen LogP) is 5.39. The predicted molar refractivity (Wildman–Crippen MR) is 111 cm³/mol. The van der Waals surface area contributed by atoms with Crippen molar-refractivity contribution in [2.24, 2.45) is 0 Å². The van der Waals surface area contributed by atoms with E-state index in [0.717, 1.165) is 35.2 Å². The van der Waals surface area contributed by atoms with Crippen molar-refractivity contribution in [1.29, 1.82) is 0 Å². The summed E-state index contributed by atoms with van der Waals surface area (Å²) in [6.45, 7) is 5.38. The van der Waals surface area contributed by atoms with Crippen LogP contribution in [0, 0.1) is 13.8 Å². The summed E-state index contributed by atoms with van der Waals surface area (Å²) in [4.78, 5) is 19.9. The van der Waals surface area contributed by atoms with Gasteiger partial charge >= 0.3 is 0 Å². The van der Waals surface area contributed by atoms with E-state index in [9.17, 15) is 4.79 Å². The molecule has 0 aliphatic carbocycles. The van der Waals surface area contributed by atoms with Crippen molar-refractivity contribution in [3.8, 4) is 0 Å². The van der Waals surface area contributed by atoms with E-state index in [1.54, 1.807) is 40.5 Å². The Morgan fingerprint density at radius 2 is 2.11 bits per heavy atom. The van der Waals surface area contributed by atoms with Gasteiger partial charge in [-0.2, -0.15) is 0 Å². The first-order chi connectivity index (χ1) is 13.0. The summed E-state index contributed by atoms with van der Waals surface area (Å²) in [6, 6.07) is 11.2. The van der Waals surface area contributed by atoms with Crippen LogP contribution in [0.2, 0.25) is 5.02 Å². The Bertz CT molecular complexity index is 956. The maximum Gasteiger partial charge on any atom is 0.260 e. The highest BCUT2D eigenvalue weighted by Crippen LogP contribution is 2.34. The highest BCUT2D eigenvalue weighted by atomic mass is 35.5. The van der Waals surface area contributed by atoms with Crippen molar-refractivity contribution in [2.75, 3.05) is 18.1 Å². The summed E-state index contributed by atoms with van der Waals surface area (Å²) in [6.07, 6.45) is 2.03. The Kier molecular flexibility index (Phi) is 5.17. The van der Waals surface area contributed by atoms with E-state index < -0.39 is 0 Å². The largest absolute Gasteiger partial charge is 0.376 e. The molecular weight excluding hydrogens is 380 g/mol. The summed E-state index contributed by atoms with van der Waals surface area (Å²) < 4.78 is 6.92. The molecule has 2 aromatic carbocycles. The number of rotatable bonds is 4. The van der Waals surface area contributed by atoms with E-state index in [-0.39, 0.29) is 12.0 Å². The second-order valence-electron chi connectivity index (χ2n) is 6.93. The lowest BCUT2D eigenvalue weighted by atomic mass is 10.1. The zero-order chi connectivity index (χ0) is 19.0. The number of halogens is 1. The second-order valence-corrected chi connectivity index (χ2v) is 8.35. The molecule has 0 radical (unpaired) electrons. The quantitative estimate of drug-likeness (QED) is 0.589. The molecular formula is C21H21ClN2O2S. The van der Waals surface area contributed by atoms with Crippen LogP contribution in [0.5, 0.6) is 0 Å². The number of thiazole rings is 1. The maximum absolute atomic E-state index is 13.3. The van der Waals surface area contributed by atoms with E-state index >= 15 is 0 Å².